The molecule has 1 fully saturated rings. The fourth-order valence-corrected chi connectivity index (χ4v) is 2.11. The van der Waals surface area contributed by atoms with Gasteiger partial charge in [0.15, 0.2) is 0 Å². The Kier molecular flexibility index (Phi) is 3.78. The van der Waals surface area contributed by atoms with E-state index in [1.807, 2.05) is 25.1 Å². The Labute approximate surface area is 102 Å². The number of anilines is 2. The van der Waals surface area contributed by atoms with Gasteiger partial charge in [-0.15, -0.1) is 0 Å². The molecule has 0 bridgehead atoms. The molecular weight excluding hydrogens is 214 g/mol. The summed E-state index contributed by atoms with van der Waals surface area (Å²) >= 11 is 0. The highest BCUT2D eigenvalue weighted by Crippen LogP contribution is 2.20. The molecule has 0 radical (unpaired) electrons. The van der Waals surface area contributed by atoms with E-state index in [0.29, 0.717) is 12.1 Å². The molecular formula is C12H21N5. The van der Waals surface area contributed by atoms with Gasteiger partial charge in [-0.1, -0.05) is 0 Å². The quantitative estimate of drug-likeness (QED) is 0.824. The van der Waals surface area contributed by atoms with Gasteiger partial charge in [0.2, 0.25) is 5.95 Å². The molecule has 1 heterocycles. The predicted octanol–water partition coefficient (Wildman–Crippen LogP) is 1.22. The van der Waals surface area contributed by atoms with E-state index in [4.69, 9.17) is 5.73 Å². The van der Waals surface area contributed by atoms with Gasteiger partial charge in [0.25, 0.3) is 0 Å². The molecule has 0 spiro atoms. The van der Waals surface area contributed by atoms with Crippen LogP contribution in [0.1, 0.15) is 25.7 Å². The maximum absolute atomic E-state index is 5.89. The van der Waals surface area contributed by atoms with Gasteiger partial charge in [0, 0.05) is 32.4 Å². The van der Waals surface area contributed by atoms with Gasteiger partial charge in [-0.2, -0.15) is 4.98 Å². The van der Waals surface area contributed by atoms with Crippen LogP contribution in [0, 0.1) is 0 Å². The lowest BCUT2D eigenvalue weighted by atomic mass is 9.92. The van der Waals surface area contributed by atoms with Crippen LogP contribution in [-0.2, 0) is 0 Å². The van der Waals surface area contributed by atoms with Crippen molar-refractivity contribution < 1.29 is 0 Å². The summed E-state index contributed by atoms with van der Waals surface area (Å²) in [6.07, 6.45) is 6.18. The fraction of sp³-hybridized carbons (Fsp3) is 0.667. The average Bonchev–Trinajstić information content (AvgIpc) is 2.32. The Bertz CT molecular complexity index is 358. The van der Waals surface area contributed by atoms with Crippen molar-refractivity contribution in [2.24, 2.45) is 5.73 Å². The minimum absolute atomic E-state index is 0.377. The largest absolute Gasteiger partial charge is 0.363 e. The van der Waals surface area contributed by atoms with Crippen molar-refractivity contribution in [2.45, 2.75) is 37.8 Å². The molecule has 0 aliphatic heterocycles. The molecule has 0 saturated heterocycles. The second-order valence-electron chi connectivity index (χ2n) is 4.89. The van der Waals surface area contributed by atoms with E-state index < -0.39 is 0 Å². The molecule has 0 aromatic carbocycles. The summed E-state index contributed by atoms with van der Waals surface area (Å²) in [5.41, 5.74) is 5.89. The van der Waals surface area contributed by atoms with Crippen molar-refractivity contribution in [1.82, 2.24) is 9.97 Å². The number of nitrogens with zero attached hydrogens (tertiary/aromatic N) is 3. The number of hydrogen-bond donors (Lipinski definition) is 2. The number of aromatic nitrogens is 2. The molecule has 0 amide bonds. The Morgan fingerprint density at radius 1 is 1.29 bits per heavy atom. The van der Waals surface area contributed by atoms with Crippen molar-refractivity contribution in [3.63, 3.8) is 0 Å². The molecule has 1 aliphatic carbocycles. The lowest BCUT2D eigenvalue weighted by Crippen LogP contribution is -2.33. The lowest BCUT2D eigenvalue weighted by Gasteiger charge is -2.27. The first kappa shape index (κ1) is 12.1. The van der Waals surface area contributed by atoms with Crippen molar-refractivity contribution in [1.29, 1.82) is 0 Å². The van der Waals surface area contributed by atoms with Crippen molar-refractivity contribution >= 4 is 11.8 Å². The number of nitrogens with two attached hydrogens (primary N) is 1. The van der Waals surface area contributed by atoms with Crippen molar-refractivity contribution in [3.8, 4) is 0 Å². The van der Waals surface area contributed by atoms with E-state index >= 15 is 0 Å². The van der Waals surface area contributed by atoms with Crippen LogP contribution in [0.15, 0.2) is 12.3 Å². The van der Waals surface area contributed by atoms with E-state index in [1.165, 1.54) is 0 Å². The van der Waals surface area contributed by atoms with Gasteiger partial charge < -0.3 is 16.0 Å². The zero-order chi connectivity index (χ0) is 12.3. The molecule has 1 aromatic heterocycles. The number of nitrogens with one attached hydrogen (secondary N) is 1. The summed E-state index contributed by atoms with van der Waals surface area (Å²) in [6.45, 7) is 0. The first-order chi connectivity index (χ1) is 8.15. The molecule has 2 rings (SSSR count). The van der Waals surface area contributed by atoms with Gasteiger partial charge in [0.1, 0.15) is 5.82 Å². The van der Waals surface area contributed by atoms with E-state index in [1.54, 1.807) is 6.20 Å². The maximum Gasteiger partial charge on any atom is 0.224 e. The van der Waals surface area contributed by atoms with Gasteiger partial charge in [0.05, 0.1) is 0 Å². The molecule has 5 nitrogen and oxygen atoms in total. The maximum atomic E-state index is 5.89. The normalized spacial score (nSPS) is 24.4. The van der Waals surface area contributed by atoms with Crippen LogP contribution < -0.4 is 16.0 Å². The molecule has 1 aromatic rings. The third-order valence-corrected chi connectivity index (χ3v) is 3.20. The van der Waals surface area contributed by atoms with Crippen LogP contribution in [0.3, 0.4) is 0 Å². The summed E-state index contributed by atoms with van der Waals surface area (Å²) in [4.78, 5) is 10.7. The predicted molar refractivity (Wildman–Crippen MR) is 70.2 cm³/mol. The molecule has 3 N–H and O–H groups in total. The third-order valence-electron chi connectivity index (χ3n) is 3.20. The fourth-order valence-electron chi connectivity index (χ4n) is 2.11. The molecule has 17 heavy (non-hydrogen) atoms. The summed E-state index contributed by atoms with van der Waals surface area (Å²) in [5, 5.41) is 3.39. The van der Waals surface area contributed by atoms with Crippen LogP contribution in [0.2, 0.25) is 0 Å². The summed E-state index contributed by atoms with van der Waals surface area (Å²) in [6, 6.07) is 2.75. The average molecular weight is 235 g/mol. The van der Waals surface area contributed by atoms with Crippen LogP contribution in [0.4, 0.5) is 11.8 Å². The molecule has 0 atom stereocenters. The Morgan fingerprint density at radius 2 is 2.00 bits per heavy atom. The van der Waals surface area contributed by atoms with Gasteiger partial charge >= 0.3 is 0 Å². The molecule has 1 aliphatic rings. The van der Waals surface area contributed by atoms with E-state index in [2.05, 4.69) is 15.3 Å². The zero-order valence-corrected chi connectivity index (χ0v) is 10.6. The second-order valence-corrected chi connectivity index (χ2v) is 4.89. The lowest BCUT2D eigenvalue weighted by molar-refractivity contribution is 0.410. The minimum atomic E-state index is 0.377. The first-order valence-corrected chi connectivity index (χ1v) is 6.17. The van der Waals surface area contributed by atoms with Gasteiger partial charge in [-0.25, -0.2) is 4.98 Å². The first-order valence-electron chi connectivity index (χ1n) is 6.17. The number of hydrogen-bond acceptors (Lipinski definition) is 5. The highest BCUT2D eigenvalue weighted by atomic mass is 15.2. The number of rotatable bonds is 3. The van der Waals surface area contributed by atoms with Crippen LogP contribution in [0.25, 0.3) is 0 Å². The standard InChI is InChI=1S/C12H21N5/c1-17(2)11-7-8-14-12(16-11)15-10-5-3-9(13)4-6-10/h7-10H,3-6,13H2,1-2H3,(H,14,15,16). The van der Waals surface area contributed by atoms with Crippen LogP contribution in [-0.4, -0.2) is 36.1 Å². The van der Waals surface area contributed by atoms with Gasteiger partial charge in [-0.3, -0.25) is 0 Å². The summed E-state index contributed by atoms with van der Waals surface area (Å²) in [5.74, 6) is 1.65. The summed E-state index contributed by atoms with van der Waals surface area (Å²) < 4.78 is 0. The van der Waals surface area contributed by atoms with Crippen LogP contribution in [0.5, 0.6) is 0 Å². The summed E-state index contributed by atoms with van der Waals surface area (Å²) in [7, 11) is 3.96. The van der Waals surface area contributed by atoms with Crippen molar-refractivity contribution in [2.75, 3.05) is 24.3 Å². The molecule has 5 heteroatoms. The third kappa shape index (κ3) is 3.30. The SMILES string of the molecule is CN(C)c1ccnc(NC2CCC(N)CC2)n1. The van der Waals surface area contributed by atoms with Crippen molar-refractivity contribution in [3.05, 3.63) is 12.3 Å². The molecule has 94 valence electrons. The van der Waals surface area contributed by atoms with E-state index in [0.717, 1.165) is 37.4 Å². The molecule has 0 unspecified atom stereocenters. The Balaban J connectivity index is 1.96. The van der Waals surface area contributed by atoms with Gasteiger partial charge in [-0.05, 0) is 31.7 Å². The zero-order valence-electron chi connectivity index (χ0n) is 10.6. The molecule has 1 saturated carbocycles. The van der Waals surface area contributed by atoms with E-state index in [-0.39, 0.29) is 0 Å². The minimum Gasteiger partial charge on any atom is -0.363 e. The van der Waals surface area contributed by atoms with Crippen LogP contribution >= 0.6 is 0 Å². The highest BCUT2D eigenvalue weighted by Gasteiger charge is 2.18. The monoisotopic (exact) mass is 235 g/mol. The highest BCUT2D eigenvalue weighted by molar-refractivity contribution is 5.41. The Hall–Kier alpha value is -1.36. The topological polar surface area (TPSA) is 67.1 Å². The smallest absolute Gasteiger partial charge is 0.224 e. The second kappa shape index (κ2) is 5.31. The Morgan fingerprint density at radius 3 is 2.65 bits per heavy atom. The van der Waals surface area contributed by atoms with E-state index in [9.17, 15) is 0 Å².